The van der Waals surface area contributed by atoms with Crippen LogP contribution in [0.25, 0.3) is 10.9 Å². The molecule has 3 aliphatic rings. The number of nitrogens with one attached hydrogen (secondary N) is 11. The predicted molar refractivity (Wildman–Crippen MR) is 323 cm³/mol. The van der Waals surface area contributed by atoms with Crippen LogP contribution in [0.3, 0.4) is 0 Å². The van der Waals surface area contributed by atoms with E-state index in [0.717, 1.165) is 48.1 Å². The first-order chi connectivity index (χ1) is 41.9. The molecular formula is C50H72N18O16S4. The normalized spacial score (nSPS) is 25.8. The van der Waals surface area contributed by atoms with E-state index in [4.69, 9.17) is 28.7 Å². The van der Waals surface area contributed by atoms with Gasteiger partial charge in [-0.25, -0.2) is 0 Å². The van der Waals surface area contributed by atoms with Crippen molar-refractivity contribution in [3.63, 3.8) is 0 Å². The standard InChI is InChI=1S/C50H72N18O16S4/c51-15-37(71)60-32-20-86-88-21-33-46(81)63-28(13-23-16-57-25-6-2-1-5-24(23)25)43(78)61-27(9-10-36(52)70)41(76)58-17-38(72)59-31(40(53)75)19-85-87-22-34(67-45(32)80)47(82)65-30(18-69)44(79)64-29(14-39(73)74)49(84)68-12-4-8-35(68)48(83)62-26(42(77)66-33)7-3-11-56-50(54)55/h1-2,5-6,16,26-35,57,69H,3-4,7-15,17-22,51H2,(H2,52,70)(H2,53,75)(H,58,76)(H,59,72)(H,60,71)(H,61,78)(H,62,83)(H,63,81)(H,64,79)(H,65,82)(H,66,77)(H,67,80)(H,73,74)(H4,54,55,56)/t26-,27-,28-,29-,30-,31-,32-,33-,34-,35-/m0/s1. The molecule has 13 amide bonds. The predicted octanol–water partition coefficient (Wildman–Crippen LogP) is -7.80. The minimum atomic E-state index is -1.94. The van der Waals surface area contributed by atoms with Crippen molar-refractivity contribution in [2.75, 3.05) is 55.8 Å². The fraction of sp³-hybridized carbons (Fsp3) is 0.540. The van der Waals surface area contributed by atoms with Crippen LogP contribution in [0.15, 0.2) is 35.5 Å². The summed E-state index contributed by atoms with van der Waals surface area (Å²) in [6, 6.07) is -9.48. The van der Waals surface area contributed by atoms with Gasteiger partial charge in [-0.15, -0.1) is 0 Å². The number of hydrogen-bond acceptors (Lipinski definition) is 21. The molecule has 482 valence electrons. The van der Waals surface area contributed by atoms with Gasteiger partial charge in [0, 0.05) is 66.0 Å². The smallest absolute Gasteiger partial charge is 0.305 e. The van der Waals surface area contributed by atoms with E-state index in [1.165, 1.54) is 0 Å². The van der Waals surface area contributed by atoms with Gasteiger partial charge in [-0.2, -0.15) is 0 Å². The zero-order valence-electron chi connectivity index (χ0n) is 47.2. The highest BCUT2D eigenvalue weighted by atomic mass is 33.1. The number of para-hydroxylation sites is 1. The van der Waals surface area contributed by atoms with Crippen LogP contribution in [0.2, 0.25) is 0 Å². The summed E-state index contributed by atoms with van der Waals surface area (Å²) in [6.07, 6.45) is -0.738. The molecule has 3 saturated heterocycles. The number of aromatic nitrogens is 1. The Kier molecular flexibility index (Phi) is 28.2. The van der Waals surface area contributed by atoms with E-state index < -0.39 is 194 Å². The largest absolute Gasteiger partial charge is 0.481 e. The quantitative estimate of drug-likeness (QED) is 0.0341. The lowest BCUT2D eigenvalue weighted by molar-refractivity contribution is -0.146. The maximum Gasteiger partial charge on any atom is 0.305 e. The zero-order valence-corrected chi connectivity index (χ0v) is 50.5. The Morgan fingerprint density at radius 3 is 1.91 bits per heavy atom. The molecule has 0 unspecified atom stereocenters. The minimum Gasteiger partial charge on any atom is -0.481 e. The summed E-state index contributed by atoms with van der Waals surface area (Å²) in [4.78, 5) is 201. The van der Waals surface area contributed by atoms with E-state index in [9.17, 15) is 77.3 Å². The number of nitrogens with zero attached hydrogens (tertiary/aromatic N) is 2. The second-order valence-corrected chi connectivity index (χ2v) is 25.2. The van der Waals surface area contributed by atoms with Crippen LogP contribution < -0.4 is 81.8 Å². The Labute approximate surface area is 518 Å². The van der Waals surface area contributed by atoms with Gasteiger partial charge in [-0.05, 0) is 43.7 Å². The molecule has 1 aromatic carbocycles. The fourth-order valence-electron chi connectivity index (χ4n) is 9.03. The monoisotopic (exact) mass is 1310 g/mol. The number of aliphatic hydroxyl groups excluding tert-OH is 1. The Balaban J connectivity index is 1.68. The molecule has 23 N–H and O–H groups in total. The molecule has 34 nitrogen and oxygen atoms in total. The molecule has 2 aromatic rings. The maximum atomic E-state index is 15.0. The lowest BCUT2D eigenvalue weighted by atomic mass is 10.0. The molecule has 38 heteroatoms. The average molecular weight is 1310 g/mol. The Morgan fingerprint density at radius 2 is 1.26 bits per heavy atom. The third-order valence-corrected chi connectivity index (χ3v) is 18.4. The molecule has 3 fully saturated rings. The highest BCUT2D eigenvalue weighted by molar-refractivity contribution is 8.77. The molecule has 1 aromatic heterocycles. The summed E-state index contributed by atoms with van der Waals surface area (Å²) in [6.45, 7) is -2.84. The minimum absolute atomic E-state index is 0.0204. The number of benzene rings is 1. The van der Waals surface area contributed by atoms with E-state index in [2.05, 4.69) is 63.1 Å². The van der Waals surface area contributed by atoms with Gasteiger partial charge in [-0.3, -0.25) is 72.1 Å². The zero-order chi connectivity index (χ0) is 64.6. The number of hydrogen-bond donors (Lipinski definition) is 18. The lowest BCUT2D eigenvalue weighted by Crippen LogP contribution is -2.61. The summed E-state index contributed by atoms with van der Waals surface area (Å²) in [5.41, 5.74) is 28.9. The third kappa shape index (κ3) is 22.0. The molecule has 0 spiro atoms. The number of aliphatic carboxylic acids is 1. The number of carboxylic acid groups (broad SMARTS) is 1. The van der Waals surface area contributed by atoms with Crippen LogP contribution in [0.1, 0.15) is 50.5 Å². The highest BCUT2D eigenvalue weighted by Crippen LogP contribution is 2.27. The number of aliphatic imine (C=N–C) groups is 1. The summed E-state index contributed by atoms with van der Waals surface area (Å²) >= 11 is 0. The van der Waals surface area contributed by atoms with Crippen molar-refractivity contribution in [3.8, 4) is 0 Å². The number of carbonyl (C=O) groups excluding carboxylic acids is 13. The van der Waals surface area contributed by atoms with E-state index in [-0.39, 0.29) is 62.7 Å². The molecular weight excluding hydrogens is 1240 g/mol. The van der Waals surface area contributed by atoms with Crippen molar-refractivity contribution in [3.05, 3.63) is 36.0 Å². The number of primary amides is 2. The van der Waals surface area contributed by atoms with Crippen molar-refractivity contribution in [1.82, 2.24) is 63.1 Å². The molecule has 0 saturated carbocycles. The van der Waals surface area contributed by atoms with Crippen LogP contribution in [0.4, 0.5) is 0 Å². The number of aliphatic hydroxyl groups is 1. The van der Waals surface area contributed by atoms with Crippen LogP contribution >= 0.6 is 43.2 Å². The van der Waals surface area contributed by atoms with Gasteiger partial charge in [0.25, 0.3) is 0 Å². The van der Waals surface area contributed by atoms with Crippen LogP contribution in [0.5, 0.6) is 0 Å². The number of fused-ring (bicyclic) bond motifs is 10. The number of amides is 13. The Morgan fingerprint density at radius 1 is 0.670 bits per heavy atom. The van der Waals surface area contributed by atoms with Gasteiger partial charge in [0.15, 0.2) is 5.96 Å². The number of H-pyrrole nitrogens is 1. The van der Waals surface area contributed by atoms with Gasteiger partial charge in [0.1, 0.15) is 60.4 Å². The van der Waals surface area contributed by atoms with E-state index in [0.29, 0.717) is 16.5 Å². The van der Waals surface area contributed by atoms with Gasteiger partial charge in [0.2, 0.25) is 76.8 Å². The number of guanidine groups is 1. The van der Waals surface area contributed by atoms with Crippen molar-refractivity contribution >= 4 is 143 Å². The Hall–Kier alpha value is -8.07. The molecule has 3 aliphatic heterocycles. The highest BCUT2D eigenvalue weighted by Gasteiger charge is 2.42. The van der Waals surface area contributed by atoms with E-state index in [1.807, 2.05) is 0 Å². The molecule has 0 radical (unpaired) electrons. The SMILES string of the molecule is NCC(=O)N[C@H]1CSSC[C@@H]2NC(=O)[C@H](CCCN=C(N)N)NC(=O)[C@@H]3CCCN3C(=O)[C@H](CC(=O)O)NC(=O)[C@H](CO)NC(=O)[C@H](CSSC[C@@H](C(N)=O)NC(=O)CNC(=O)[C@H](CCC(N)=O)NC(=O)[C@H](Cc3c[nH]c4ccccc34)NC2=O)NC1=O. The summed E-state index contributed by atoms with van der Waals surface area (Å²) in [5, 5.41) is 45.5. The van der Waals surface area contributed by atoms with E-state index in [1.54, 1.807) is 30.5 Å². The molecule has 10 atom stereocenters. The van der Waals surface area contributed by atoms with Gasteiger partial charge in [0.05, 0.1) is 26.1 Å². The van der Waals surface area contributed by atoms with Crippen molar-refractivity contribution in [2.45, 2.75) is 112 Å². The van der Waals surface area contributed by atoms with Crippen molar-refractivity contribution in [1.29, 1.82) is 0 Å². The third-order valence-electron chi connectivity index (χ3n) is 13.6. The maximum absolute atomic E-state index is 15.0. The number of carbonyl (C=O) groups is 14. The Bertz CT molecular complexity index is 2960. The van der Waals surface area contributed by atoms with Gasteiger partial charge in [-0.1, -0.05) is 61.4 Å². The summed E-state index contributed by atoms with van der Waals surface area (Å²) < 4.78 is 0. The second-order valence-electron chi connectivity index (χ2n) is 20.1. The average Bonchev–Trinajstić information content (AvgIpc) is 4.25. The molecule has 2 bridgehead atoms. The van der Waals surface area contributed by atoms with Crippen molar-refractivity contribution in [2.24, 2.45) is 33.7 Å². The van der Waals surface area contributed by atoms with E-state index >= 15 is 0 Å². The van der Waals surface area contributed by atoms with Crippen molar-refractivity contribution < 1.29 is 77.3 Å². The molecule has 0 aliphatic carbocycles. The number of rotatable bonds is 15. The van der Waals surface area contributed by atoms with Crippen LogP contribution in [-0.4, -0.2) is 225 Å². The summed E-state index contributed by atoms with van der Waals surface area (Å²) in [5.74, 6) is -16.7. The first-order valence-electron chi connectivity index (χ1n) is 27.4. The molecule has 88 heavy (non-hydrogen) atoms. The van der Waals surface area contributed by atoms with Crippen LogP contribution in [0, 0.1) is 0 Å². The molecule has 5 rings (SSSR count). The number of carboxylic acids is 1. The second kappa shape index (κ2) is 35.1. The number of aromatic amines is 1. The molecule has 4 heterocycles. The lowest BCUT2D eigenvalue weighted by Gasteiger charge is -2.30. The topological polar surface area (TPSA) is 561 Å². The van der Waals surface area contributed by atoms with Crippen LogP contribution in [-0.2, 0) is 73.5 Å². The fourth-order valence-corrected chi connectivity index (χ4v) is 13.7. The summed E-state index contributed by atoms with van der Waals surface area (Å²) in [7, 11) is 3.39. The first kappa shape index (κ1) is 70.7. The van der Waals surface area contributed by atoms with Gasteiger partial charge >= 0.3 is 5.97 Å². The van der Waals surface area contributed by atoms with Gasteiger partial charge < -0.3 is 102 Å². The first-order valence-corrected chi connectivity index (χ1v) is 32.4. The number of nitrogens with two attached hydrogens (primary N) is 5.